The van der Waals surface area contributed by atoms with Crippen molar-refractivity contribution in [2.75, 3.05) is 68.0 Å². The summed E-state index contributed by atoms with van der Waals surface area (Å²) in [6, 6.07) is 6.06. The Morgan fingerprint density at radius 1 is 1.09 bits per heavy atom. The van der Waals surface area contributed by atoms with Crippen molar-refractivity contribution in [1.82, 2.24) is 19.8 Å². The van der Waals surface area contributed by atoms with Crippen LogP contribution in [-0.4, -0.2) is 106 Å². The molecular weight excluding hydrogens is 596 g/mol. The number of rotatable bonds is 9. The van der Waals surface area contributed by atoms with Crippen molar-refractivity contribution >= 4 is 69.0 Å². The van der Waals surface area contributed by atoms with Crippen LogP contribution in [0.4, 0.5) is 11.8 Å². The van der Waals surface area contributed by atoms with Crippen LogP contribution in [0.3, 0.4) is 0 Å². The van der Waals surface area contributed by atoms with Gasteiger partial charge in [-0.15, -0.1) is 11.8 Å². The van der Waals surface area contributed by atoms with Gasteiger partial charge in [-0.1, -0.05) is 11.8 Å². The van der Waals surface area contributed by atoms with Crippen molar-refractivity contribution in [2.45, 2.75) is 19.4 Å². The van der Waals surface area contributed by atoms with Crippen LogP contribution in [0, 0.1) is 0 Å². The first-order valence-corrected chi connectivity index (χ1v) is 15.8. The van der Waals surface area contributed by atoms with Crippen molar-refractivity contribution in [3.05, 3.63) is 36.3 Å². The summed E-state index contributed by atoms with van der Waals surface area (Å²) < 4.78 is 16.2. The van der Waals surface area contributed by atoms with E-state index < -0.39 is 6.04 Å². The lowest BCUT2D eigenvalue weighted by Gasteiger charge is -2.34. The van der Waals surface area contributed by atoms with E-state index in [-0.39, 0.29) is 40.8 Å². The van der Waals surface area contributed by atoms with Crippen LogP contribution in [0.15, 0.2) is 34.9 Å². The molecule has 13 nitrogen and oxygen atoms in total. The monoisotopic (exact) mass is 628 g/mol. The zero-order valence-electron chi connectivity index (χ0n) is 24.0. The van der Waals surface area contributed by atoms with Crippen LogP contribution in [0.2, 0.25) is 0 Å². The first kappa shape index (κ1) is 30.5. The summed E-state index contributed by atoms with van der Waals surface area (Å²) in [6.07, 6.45) is 1.64. The first-order chi connectivity index (χ1) is 20.8. The van der Waals surface area contributed by atoms with Crippen molar-refractivity contribution in [2.24, 2.45) is 0 Å². The summed E-state index contributed by atoms with van der Waals surface area (Å²) in [6.45, 7) is 3.28. The average Bonchev–Trinajstić information content (AvgIpc) is 3.73. The maximum Gasteiger partial charge on any atom is 0.289 e. The lowest BCUT2D eigenvalue weighted by atomic mass is 10.2. The second-order valence-electron chi connectivity index (χ2n) is 9.81. The summed E-state index contributed by atoms with van der Waals surface area (Å²) in [5.41, 5.74) is 0.530. The fourth-order valence-corrected chi connectivity index (χ4v) is 6.62. The zero-order valence-corrected chi connectivity index (χ0v) is 25.7. The quantitative estimate of drug-likeness (QED) is 0.372. The normalized spacial score (nSPS) is 16.8. The van der Waals surface area contributed by atoms with E-state index in [0.717, 1.165) is 11.8 Å². The molecule has 0 radical (unpaired) electrons. The molecule has 2 aliphatic heterocycles. The van der Waals surface area contributed by atoms with E-state index in [2.05, 4.69) is 5.32 Å². The molecule has 2 aliphatic rings. The first-order valence-electron chi connectivity index (χ1n) is 13.6. The minimum Gasteiger partial charge on any atom is -0.493 e. The maximum absolute atomic E-state index is 13.6. The second kappa shape index (κ2) is 13.5. The highest BCUT2D eigenvalue weighted by Gasteiger charge is 2.35. The summed E-state index contributed by atoms with van der Waals surface area (Å²) in [4.78, 5) is 65.2. The molecule has 15 heteroatoms. The van der Waals surface area contributed by atoms with Crippen LogP contribution in [0.25, 0.3) is 10.9 Å². The number of hydrogen-bond donors (Lipinski definition) is 1. The summed E-state index contributed by atoms with van der Waals surface area (Å²) in [5.74, 6) is 2.34. The van der Waals surface area contributed by atoms with E-state index in [4.69, 9.17) is 23.9 Å². The van der Waals surface area contributed by atoms with E-state index in [0.29, 0.717) is 71.9 Å². The number of ether oxygens (including phenoxy) is 2. The highest BCUT2D eigenvalue weighted by atomic mass is 32.2. The minimum atomic E-state index is -0.690. The van der Waals surface area contributed by atoms with Crippen molar-refractivity contribution in [1.29, 1.82) is 0 Å². The number of thioether (sulfide) groups is 2. The number of piperazine rings is 1. The maximum atomic E-state index is 13.6. The van der Waals surface area contributed by atoms with Crippen LogP contribution in [-0.2, 0) is 14.4 Å². The smallest absolute Gasteiger partial charge is 0.289 e. The van der Waals surface area contributed by atoms with E-state index in [9.17, 15) is 19.2 Å². The third-order valence-electron chi connectivity index (χ3n) is 7.14. The third kappa shape index (κ3) is 6.82. The number of hydrogen-bond acceptors (Lipinski definition) is 12. The second-order valence-corrected chi connectivity index (χ2v) is 12.1. The Morgan fingerprint density at radius 3 is 2.51 bits per heavy atom. The number of methoxy groups -OCH3 is 2. The Balaban J connectivity index is 1.39. The molecule has 2 aromatic heterocycles. The van der Waals surface area contributed by atoms with Crippen molar-refractivity contribution in [3.8, 4) is 11.5 Å². The predicted molar refractivity (Wildman–Crippen MR) is 164 cm³/mol. The predicted octanol–water partition coefficient (Wildman–Crippen LogP) is 2.71. The lowest BCUT2D eigenvalue weighted by molar-refractivity contribution is -0.135. The van der Waals surface area contributed by atoms with Crippen molar-refractivity contribution in [3.63, 3.8) is 0 Å². The van der Waals surface area contributed by atoms with Crippen LogP contribution in [0.1, 0.15) is 23.9 Å². The fraction of sp³-hybridized carbons (Fsp3) is 0.429. The zero-order chi connectivity index (χ0) is 30.5. The Morgan fingerprint density at radius 2 is 1.84 bits per heavy atom. The molecule has 2 fully saturated rings. The number of carbonyl (C=O) groups excluding carboxylic acids is 4. The molecule has 43 heavy (non-hydrogen) atoms. The fourth-order valence-electron chi connectivity index (χ4n) is 4.88. The Hall–Kier alpha value is -3.98. The van der Waals surface area contributed by atoms with Gasteiger partial charge in [-0.25, -0.2) is 4.98 Å². The number of nitrogens with zero attached hydrogens (tertiary/aromatic N) is 5. The highest BCUT2D eigenvalue weighted by molar-refractivity contribution is 8.13. The highest BCUT2D eigenvalue weighted by Crippen LogP contribution is 2.35. The molecule has 0 spiro atoms. The van der Waals surface area contributed by atoms with E-state index >= 15 is 0 Å². The molecule has 3 amide bonds. The van der Waals surface area contributed by atoms with Crippen LogP contribution in [0.5, 0.6) is 11.5 Å². The number of benzene rings is 1. The topological polar surface area (TPSA) is 147 Å². The van der Waals surface area contributed by atoms with Gasteiger partial charge in [-0.3, -0.25) is 19.2 Å². The van der Waals surface area contributed by atoms with Crippen LogP contribution >= 0.6 is 23.5 Å². The standard InChI is InChI=1S/C28H32N6O7S2/c1-17(35)43-12-6-24(36)34-16-42-15-20(34)26(37)30-25-18-13-22(39-2)23(40-3)14-19(18)29-28(31-25)33-9-7-32(8-10-33)27(38)21-5-4-11-41-21/h4-5,11,13-14,20H,6-10,12,15-16H2,1-3H3,(H,29,30,31,37). The van der Waals surface area contributed by atoms with Gasteiger partial charge in [0.25, 0.3) is 5.91 Å². The number of aromatic nitrogens is 2. The minimum absolute atomic E-state index is 0.0538. The number of amides is 3. The molecule has 3 aromatic rings. The number of fused-ring (bicyclic) bond motifs is 1. The largest absolute Gasteiger partial charge is 0.493 e. The number of carbonyl (C=O) groups is 4. The molecular formula is C28H32N6O7S2. The summed E-state index contributed by atoms with van der Waals surface area (Å²) in [7, 11) is 3.05. The molecule has 1 atom stereocenters. The molecule has 5 rings (SSSR count). The number of anilines is 2. The van der Waals surface area contributed by atoms with Gasteiger partial charge in [0.2, 0.25) is 17.8 Å². The Bertz CT molecular complexity index is 1510. The molecule has 0 aliphatic carbocycles. The van der Waals surface area contributed by atoms with E-state index in [1.165, 1.54) is 39.2 Å². The van der Waals surface area contributed by atoms with Gasteiger partial charge < -0.3 is 33.9 Å². The lowest BCUT2D eigenvalue weighted by Crippen LogP contribution is -2.49. The van der Waals surface area contributed by atoms with Gasteiger partial charge in [0.1, 0.15) is 11.9 Å². The van der Waals surface area contributed by atoms with Gasteiger partial charge in [0.15, 0.2) is 22.4 Å². The molecule has 1 aromatic carbocycles. The molecule has 1 N–H and O–H groups in total. The van der Waals surface area contributed by atoms with E-state index in [1.54, 1.807) is 34.1 Å². The summed E-state index contributed by atoms with van der Waals surface area (Å²) >= 11 is 2.58. The molecule has 228 valence electrons. The van der Waals surface area contributed by atoms with E-state index in [1.807, 2.05) is 4.90 Å². The van der Waals surface area contributed by atoms with Gasteiger partial charge in [0.05, 0.1) is 31.9 Å². The molecule has 2 saturated heterocycles. The number of nitrogens with one attached hydrogen (secondary N) is 1. The van der Waals surface area contributed by atoms with Crippen molar-refractivity contribution < 1.29 is 33.1 Å². The van der Waals surface area contributed by atoms with Gasteiger partial charge in [0, 0.05) is 62.5 Å². The summed E-state index contributed by atoms with van der Waals surface area (Å²) in [5, 5.41) is 3.43. The molecule has 1 unspecified atom stereocenters. The SMILES string of the molecule is COc1cc2nc(N3CCN(C(=O)c4ccco4)CC3)nc(NC(=O)C3CSCN3C(=O)CCSC(C)=O)c2cc1OC. The van der Waals surface area contributed by atoms with Gasteiger partial charge in [-0.05, 0) is 18.2 Å². The molecule has 4 heterocycles. The van der Waals surface area contributed by atoms with Gasteiger partial charge in [-0.2, -0.15) is 4.98 Å². The Kier molecular flexibility index (Phi) is 9.60. The number of furan rings is 1. The van der Waals surface area contributed by atoms with Crippen LogP contribution < -0.4 is 19.7 Å². The molecule has 0 saturated carbocycles. The third-order valence-corrected chi connectivity index (χ3v) is 8.97. The Labute approximate surface area is 256 Å². The average molecular weight is 629 g/mol. The molecule has 0 bridgehead atoms. The van der Waals surface area contributed by atoms with Gasteiger partial charge >= 0.3 is 0 Å².